The van der Waals surface area contributed by atoms with E-state index in [0.717, 1.165) is 45.3 Å². The predicted octanol–water partition coefficient (Wildman–Crippen LogP) is 6.66. The Kier molecular flexibility index (Phi) is 14.0. The van der Waals surface area contributed by atoms with Crippen molar-refractivity contribution in [2.75, 3.05) is 0 Å². The number of nitriles is 1. The molecule has 56 heavy (non-hydrogen) atoms. The third kappa shape index (κ3) is 9.94. The van der Waals surface area contributed by atoms with E-state index >= 15 is 0 Å². The predicted molar refractivity (Wildman–Crippen MR) is 200 cm³/mol. The maximum Gasteiger partial charge on any atom is 2.00 e. The first-order valence-corrected chi connectivity index (χ1v) is 16.4. The van der Waals surface area contributed by atoms with Gasteiger partial charge in [0.15, 0.2) is 0 Å². The number of hydrogen-bond donors (Lipinski definition) is 3. The molecule has 15 nitrogen and oxygen atoms in total. The van der Waals surface area contributed by atoms with Gasteiger partial charge in [0, 0.05) is 53.5 Å². The molecule has 0 aliphatic rings. The van der Waals surface area contributed by atoms with E-state index in [0.29, 0.717) is 0 Å². The van der Waals surface area contributed by atoms with Crippen molar-refractivity contribution in [1.29, 1.82) is 5.26 Å². The molecule has 0 aromatic carbocycles. The molecule has 7 aromatic rings. The fourth-order valence-corrected chi connectivity index (χ4v) is 5.09. The Morgan fingerprint density at radius 1 is 0.679 bits per heavy atom. The van der Waals surface area contributed by atoms with Crippen LogP contribution in [0.4, 0.5) is 0 Å². The smallest absolute Gasteiger partial charge is 0.696 e. The second kappa shape index (κ2) is 18.8. The molecule has 0 spiro atoms. The van der Waals surface area contributed by atoms with Gasteiger partial charge in [0.1, 0.15) is 11.5 Å². The van der Waals surface area contributed by atoms with Crippen LogP contribution in [-0.2, 0) is 32.1 Å². The summed E-state index contributed by atoms with van der Waals surface area (Å²) in [6.45, 7) is 6.12. The van der Waals surface area contributed by atoms with E-state index in [4.69, 9.17) is 19.9 Å². The summed E-state index contributed by atoms with van der Waals surface area (Å²) >= 11 is 3.70. The molecule has 3 N–H and O–H groups in total. The number of aromatic carboxylic acids is 3. The fourth-order valence-electron chi connectivity index (χ4n) is 5.09. The normalized spacial score (nSPS) is 10.0. The number of aromatic nitrogens is 7. The topological polar surface area (TPSA) is 240 Å². The molecule has 0 atom stereocenters. The van der Waals surface area contributed by atoms with Gasteiger partial charge in [-0.15, -0.1) is 0 Å². The Morgan fingerprint density at radius 3 is 1.71 bits per heavy atom. The Hall–Kier alpha value is -7.02. The van der Waals surface area contributed by atoms with Crippen LogP contribution in [0.3, 0.4) is 0 Å². The van der Waals surface area contributed by atoms with Crippen LogP contribution in [0, 0.1) is 31.4 Å². The van der Waals surface area contributed by atoms with Crippen molar-refractivity contribution in [3.05, 3.63) is 131 Å². The summed E-state index contributed by atoms with van der Waals surface area (Å²) in [6, 6.07) is 17.3. The Bertz CT molecular complexity index is 2480. The molecule has 0 aliphatic heterocycles. The fraction of sp³-hybridized carbons (Fsp3) is 0.0769. The Balaban J connectivity index is 0.000000229. The zero-order valence-electron chi connectivity index (χ0n) is 29.6. The molecule has 0 bridgehead atoms. The van der Waals surface area contributed by atoms with Gasteiger partial charge < -0.3 is 42.6 Å². The first-order chi connectivity index (χ1) is 26.4. The van der Waals surface area contributed by atoms with Crippen molar-refractivity contribution in [3.8, 4) is 62.1 Å². The van der Waals surface area contributed by atoms with Gasteiger partial charge in [-0.05, 0) is 98.6 Å². The van der Waals surface area contributed by atoms with Crippen LogP contribution in [0.25, 0.3) is 56.7 Å². The number of carbonyl (C=O) groups is 3. The summed E-state index contributed by atoms with van der Waals surface area (Å²) < 4.78 is 5.86. The van der Waals surface area contributed by atoms with Gasteiger partial charge in [-0.25, -0.2) is 24.6 Å². The van der Waals surface area contributed by atoms with Crippen molar-refractivity contribution < 1.29 is 53.6 Å². The van der Waals surface area contributed by atoms with Crippen molar-refractivity contribution >= 4 is 30.5 Å². The minimum absolute atomic E-state index is 0. The third-order valence-electron chi connectivity index (χ3n) is 8.08. The van der Waals surface area contributed by atoms with Crippen LogP contribution in [0.2, 0.25) is 0 Å². The number of hydrogen-bond acceptors (Lipinski definition) is 12. The van der Waals surface area contributed by atoms with Crippen LogP contribution in [0.5, 0.6) is 0 Å². The van der Waals surface area contributed by atoms with Crippen molar-refractivity contribution in [1.82, 2.24) is 35.1 Å². The zero-order valence-corrected chi connectivity index (χ0v) is 32.1. The molecule has 0 saturated carbocycles. The number of nitrogens with zero attached hydrogens (tertiary/aromatic N) is 8. The molecule has 7 heterocycles. The molecule has 0 amide bonds. The summed E-state index contributed by atoms with van der Waals surface area (Å²) in [5, 5.41) is 44.5. The van der Waals surface area contributed by atoms with Gasteiger partial charge in [-0.2, -0.15) is 0 Å². The van der Waals surface area contributed by atoms with E-state index in [1.54, 1.807) is 12.4 Å². The SMILES string of the molecule is Cc1oc(-c2ccc(-c3cc(-c4cccnc4)n[n-]3)nc2)c(C)c1C.N#C[S-].O=C(O)c1ccnc(-c2cc(C(=O)O)cc(-c3cc(C(=O)O)ccn3)n2)c1.[Ru+2]. The first kappa shape index (κ1) is 41.7. The maximum absolute atomic E-state index is 11.5. The van der Waals surface area contributed by atoms with Crippen molar-refractivity contribution in [2.24, 2.45) is 0 Å². The monoisotopic (exact) mass is 854 g/mol. The van der Waals surface area contributed by atoms with Gasteiger partial charge in [0.25, 0.3) is 0 Å². The minimum atomic E-state index is -1.23. The molecule has 0 radical (unpaired) electrons. The first-order valence-electron chi connectivity index (χ1n) is 16.0. The Morgan fingerprint density at radius 2 is 1.25 bits per heavy atom. The molecule has 0 fully saturated rings. The van der Waals surface area contributed by atoms with Crippen molar-refractivity contribution in [3.63, 3.8) is 0 Å². The van der Waals surface area contributed by atoms with Gasteiger partial charge in [-0.3, -0.25) is 19.9 Å². The zero-order chi connectivity index (χ0) is 39.6. The van der Waals surface area contributed by atoms with Gasteiger partial charge in [-0.1, -0.05) is 11.1 Å². The van der Waals surface area contributed by atoms with Gasteiger partial charge in [0.2, 0.25) is 0 Å². The molecule has 0 saturated heterocycles. The summed E-state index contributed by atoms with van der Waals surface area (Å²) in [5.41, 5.74) is 6.93. The third-order valence-corrected chi connectivity index (χ3v) is 8.08. The number of furan rings is 1. The summed E-state index contributed by atoms with van der Waals surface area (Å²) in [5.74, 6) is -1.74. The number of carboxylic acids is 3. The summed E-state index contributed by atoms with van der Waals surface area (Å²) in [7, 11) is 0. The molecule has 0 aliphatic carbocycles. The largest absolute Gasteiger partial charge is 2.00 e. The number of thiocyanates is 1. The standard InChI is InChI=1S/C20H17N4O.C18H11N3O6.CHNS.Ru/c1-12-13(2)20(25-14(12)3)16-6-7-17(22-11-16)19-9-18(23-24-19)15-5-4-8-21-10-15;22-16(23)9-1-3-19-12(5-9)14-7-11(18(26)27)8-15(21-14)13-6-10(17(24)25)2-4-20-13;2-1-3;/h4-11H,1-3H3;1-8H,(H,22,23)(H,24,25)(H,26,27);3H;/q-1;;;+2/p-1. The second-order valence-electron chi connectivity index (χ2n) is 11.5. The summed E-state index contributed by atoms with van der Waals surface area (Å²) in [4.78, 5) is 54.8. The quantitative estimate of drug-likeness (QED) is 0.0822. The van der Waals surface area contributed by atoms with E-state index in [1.807, 2.05) is 43.5 Å². The molecular weight excluding hydrogens is 826 g/mol. The van der Waals surface area contributed by atoms with Gasteiger partial charge >= 0.3 is 37.4 Å². The van der Waals surface area contributed by atoms with E-state index in [-0.39, 0.29) is 58.9 Å². The van der Waals surface area contributed by atoms with Gasteiger partial charge in [0.05, 0.1) is 39.5 Å². The molecule has 7 rings (SSSR count). The maximum atomic E-state index is 11.5. The van der Waals surface area contributed by atoms with Crippen LogP contribution in [0.1, 0.15) is 48.0 Å². The van der Waals surface area contributed by atoms with Crippen LogP contribution >= 0.6 is 0 Å². The minimum Gasteiger partial charge on any atom is -0.696 e. The van der Waals surface area contributed by atoms with E-state index in [2.05, 4.69) is 61.6 Å². The molecular formula is C39H28N8O7RuS. The molecule has 280 valence electrons. The van der Waals surface area contributed by atoms with E-state index in [9.17, 15) is 19.5 Å². The van der Waals surface area contributed by atoms with Crippen molar-refractivity contribution in [2.45, 2.75) is 20.8 Å². The Labute approximate surface area is 337 Å². The molecule has 7 aromatic heterocycles. The molecule has 0 unspecified atom stereocenters. The number of aryl methyl sites for hydroxylation is 1. The number of carboxylic acid groups (broad SMARTS) is 3. The van der Waals surface area contributed by atoms with Crippen LogP contribution in [-0.4, -0.2) is 63.2 Å². The van der Waals surface area contributed by atoms with Crippen LogP contribution in [0.15, 0.2) is 102 Å². The van der Waals surface area contributed by atoms with E-state index < -0.39 is 17.9 Å². The average Bonchev–Trinajstić information content (AvgIpc) is 3.80. The van der Waals surface area contributed by atoms with E-state index in [1.165, 1.54) is 59.8 Å². The molecule has 17 heteroatoms. The number of rotatable bonds is 8. The average molecular weight is 854 g/mol. The second-order valence-corrected chi connectivity index (χ2v) is 11.7. The number of pyridine rings is 5. The summed E-state index contributed by atoms with van der Waals surface area (Å²) in [6.07, 6.45) is 7.88. The van der Waals surface area contributed by atoms with Crippen LogP contribution < -0.4 is 5.10 Å².